The highest BCUT2D eigenvalue weighted by Crippen LogP contribution is 2.28. The molecular formula is C29H33FN6O2. The van der Waals surface area contributed by atoms with E-state index < -0.39 is 0 Å². The number of rotatable bonds is 6. The number of anilines is 2. The van der Waals surface area contributed by atoms with Crippen molar-refractivity contribution in [1.29, 1.82) is 0 Å². The van der Waals surface area contributed by atoms with E-state index in [1.807, 2.05) is 25.1 Å². The molecule has 0 saturated carbocycles. The quantitative estimate of drug-likeness (QED) is 0.259. The molecule has 0 unspecified atom stereocenters. The van der Waals surface area contributed by atoms with Crippen LogP contribution in [0.5, 0.6) is 11.5 Å². The highest BCUT2D eigenvalue weighted by atomic mass is 19.1. The largest absolute Gasteiger partial charge is 0.493 e. The first kappa shape index (κ1) is 26.8. The molecule has 1 aromatic heterocycles. The lowest BCUT2D eigenvalue weighted by Crippen LogP contribution is -2.20. The van der Waals surface area contributed by atoms with Crippen molar-refractivity contribution in [2.24, 2.45) is 5.10 Å². The van der Waals surface area contributed by atoms with Gasteiger partial charge in [0.15, 0.2) is 0 Å². The molecule has 0 spiro atoms. The lowest BCUT2D eigenvalue weighted by Gasteiger charge is -2.20. The molecule has 2 heterocycles. The Kier molecular flexibility index (Phi) is 9.42. The number of nitrogens with one attached hydrogen (secondary N) is 1. The first-order chi connectivity index (χ1) is 18.5. The number of hydrogen-bond donors (Lipinski definition) is 1. The zero-order valence-corrected chi connectivity index (χ0v) is 21.8. The van der Waals surface area contributed by atoms with Crippen molar-refractivity contribution >= 4 is 17.9 Å². The van der Waals surface area contributed by atoms with E-state index in [0.717, 1.165) is 23.5 Å². The summed E-state index contributed by atoms with van der Waals surface area (Å²) >= 11 is 0. The number of ether oxygens (including phenoxy) is 2. The maximum Gasteiger partial charge on any atom is 0.227 e. The minimum atomic E-state index is -0.380. The maximum atomic E-state index is 14.3. The van der Waals surface area contributed by atoms with Gasteiger partial charge < -0.3 is 14.8 Å². The number of aromatic nitrogens is 2. The minimum absolute atomic E-state index is 0.380. The summed E-state index contributed by atoms with van der Waals surface area (Å²) in [6, 6.07) is 12.3. The highest BCUT2D eigenvalue weighted by Gasteiger charge is 2.12. The lowest BCUT2D eigenvalue weighted by atomic mass is 10.1. The monoisotopic (exact) mass is 516 g/mol. The standard InChI is InChI=1S/C29H33FN6O2/c1-4-32-36(5-2)14-16-38-28-10-9-25-18-23(28)21-35(3)13-7-6-8-15-37-26-19-22(17-24(30)20-26)27-11-12-31-29(33-25)34-27/h4-7,9-12,17-20H,2,8,13-16,21H2,1,3H3,(H,31,33,34)/b7-6+,32-4-. The lowest BCUT2D eigenvalue weighted by molar-refractivity contribution is 0.254. The summed E-state index contributed by atoms with van der Waals surface area (Å²) in [7, 11) is 2.05. The van der Waals surface area contributed by atoms with Crippen LogP contribution in [0.3, 0.4) is 0 Å². The van der Waals surface area contributed by atoms with Gasteiger partial charge in [0, 0.05) is 54.6 Å². The fourth-order valence-electron chi connectivity index (χ4n) is 3.99. The van der Waals surface area contributed by atoms with Gasteiger partial charge in [-0.3, -0.25) is 9.91 Å². The van der Waals surface area contributed by atoms with Gasteiger partial charge in [0.25, 0.3) is 0 Å². The third-order valence-corrected chi connectivity index (χ3v) is 5.77. The topological polar surface area (TPSA) is 75.1 Å². The Bertz CT molecular complexity index is 1300. The normalized spacial score (nSPS) is 15.0. The van der Waals surface area contributed by atoms with Crippen LogP contribution in [0.4, 0.5) is 16.0 Å². The predicted octanol–water partition coefficient (Wildman–Crippen LogP) is 5.63. The molecule has 9 heteroatoms. The van der Waals surface area contributed by atoms with E-state index in [2.05, 4.69) is 51.1 Å². The van der Waals surface area contributed by atoms with Gasteiger partial charge in [0.05, 0.1) is 18.8 Å². The van der Waals surface area contributed by atoms with Crippen molar-refractivity contribution in [2.45, 2.75) is 19.9 Å². The fraction of sp³-hybridized carbons (Fsp3) is 0.276. The van der Waals surface area contributed by atoms with Crippen molar-refractivity contribution in [2.75, 3.05) is 38.7 Å². The molecule has 1 aliphatic heterocycles. The smallest absolute Gasteiger partial charge is 0.227 e. The van der Waals surface area contributed by atoms with Gasteiger partial charge >= 0.3 is 0 Å². The van der Waals surface area contributed by atoms with Gasteiger partial charge in [0.2, 0.25) is 5.95 Å². The van der Waals surface area contributed by atoms with Gasteiger partial charge in [-0.25, -0.2) is 14.4 Å². The van der Waals surface area contributed by atoms with Gasteiger partial charge in [0.1, 0.15) is 23.9 Å². The summed E-state index contributed by atoms with van der Waals surface area (Å²) in [4.78, 5) is 11.2. The van der Waals surface area contributed by atoms with E-state index in [1.54, 1.807) is 35.8 Å². The van der Waals surface area contributed by atoms with Crippen LogP contribution in [0, 0.1) is 5.82 Å². The zero-order valence-electron chi connectivity index (χ0n) is 21.8. The van der Waals surface area contributed by atoms with Crippen LogP contribution in [0.25, 0.3) is 11.3 Å². The Morgan fingerprint density at radius 2 is 2.13 bits per heavy atom. The molecule has 0 radical (unpaired) electrons. The van der Waals surface area contributed by atoms with Crippen LogP contribution < -0.4 is 14.8 Å². The summed E-state index contributed by atoms with van der Waals surface area (Å²) in [6.45, 7) is 8.55. The van der Waals surface area contributed by atoms with Crippen LogP contribution in [0.2, 0.25) is 0 Å². The van der Waals surface area contributed by atoms with E-state index >= 15 is 0 Å². The molecule has 8 nitrogen and oxygen atoms in total. The Hall–Kier alpha value is -4.24. The van der Waals surface area contributed by atoms with E-state index in [9.17, 15) is 4.39 Å². The first-order valence-corrected chi connectivity index (χ1v) is 12.5. The van der Waals surface area contributed by atoms with Crippen molar-refractivity contribution in [1.82, 2.24) is 19.9 Å². The van der Waals surface area contributed by atoms with Crippen molar-refractivity contribution in [3.05, 3.63) is 85.0 Å². The molecule has 0 fully saturated rings. The number of likely N-dealkylation sites (N-methyl/N-ethyl adjacent to an activating group) is 1. The van der Waals surface area contributed by atoms with Crippen LogP contribution in [0.15, 0.2) is 78.7 Å². The molecule has 3 aromatic rings. The van der Waals surface area contributed by atoms with Crippen LogP contribution in [-0.4, -0.2) is 59.4 Å². The zero-order chi connectivity index (χ0) is 26.7. The number of benzene rings is 2. The summed E-state index contributed by atoms with van der Waals surface area (Å²) in [5.41, 5.74) is 3.05. The second kappa shape index (κ2) is 13.3. The molecule has 0 aliphatic carbocycles. The summed E-state index contributed by atoms with van der Waals surface area (Å²) in [5, 5.41) is 9.24. The molecule has 38 heavy (non-hydrogen) atoms. The summed E-state index contributed by atoms with van der Waals surface area (Å²) in [5.74, 6) is 1.29. The van der Waals surface area contributed by atoms with Crippen LogP contribution in [0.1, 0.15) is 18.9 Å². The van der Waals surface area contributed by atoms with Crippen molar-refractivity contribution in [3.63, 3.8) is 0 Å². The molecule has 6 bridgehead atoms. The molecule has 0 saturated heterocycles. The fourth-order valence-corrected chi connectivity index (χ4v) is 3.99. The molecule has 1 aliphatic rings. The highest BCUT2D eigenvalue weighted by molar-refractivity contribution is 5.64. The predicted molar refractivity (Wildman–Crippen MR) is 149 cm³/mol. The number of nitrogens with zero attached hydrogens (tertiary/aromatic N) is 5. The number of hydrogen-bond acceptors (Lipinski definition) is 8. The van der Waals surface area contributed by atoms with E-state index in [-0.39, 0.29) is 5.82 Å². The maximum absolute atomic E-state index is 14.3. The Balaban J connectivity index is 1.62. The molecule has 1 N–H and O–H groups in total. The molecule has 0 atom stereocenters. The molecule has 4 rings (SSSR count). The Labute approximate surface area is 223 Å². The van der Waals surface area contributed by atoms with E-state index in [0.29, 0.717) is 55.7 Å². The van der Waals surface area contributed by atoms with Crippen LogP contribution >= 0.6 is 0 Å². The molecule has 0 amide bonds. The average Bonchev–Trinajstić information content (AvgIpc) is 2.90. The van der Waals surface area contributed by atoms with Gasteiger partial charge in [-0.1, -0.05) is 18.7 Å². The minimum Gasteiger partial charge on any atom is -0.493 e. The Morgan fingerprint density at radius 1 is 1.24 bits per heavy atom. The number of fused-ring (bicyclic) bond motifs is 7. The van der Waals surface area contributed by atoms with Gasteiger partial charge in [-0.05, 0) is 56.8 Å². The van der Waals surface area contributed by atoms with Crippen molar-refractivity contribution < 1.29 is 13.9 Å². The second-order valence-corrected chi connectivity index (χ2v) is 8.76. The van der Waals surface area contributed by atoms with Gasteiger partial charge in [-0.2, -0.15) is 5.10 Å². The molecule has 2 aromatic carbocycles. The summed E-state index contributed by atoms with van der Waals surface area (Å²) < 4.78 is 26.3. The average molecular weight is 517 g/mol. The third kappa shape index (κ3) is 7.63. The third-order valence-electron chi connectivity index (χ3n) is 5.77. The van der Waals surface area contributed by atoms with Crippen LogP contribution in [-0.2, 0) is 6.54 Å². The van der Waals surface area contributed by atoms with E-state index in [1.165, 1.54) is 12.1 Å². The molecule has 198 valence electrons. The first-order valence-electron chi connectivity index (χ1n) is 12.5. The SMILES string of the molecule is C=CN(CCOc1ccc2cc1CN(C)C/C=C/CCOc1cc(F)cc(c1)-c1ccnc(n1)N2)/N=C\C. The van der Waals surface area contributed by atoms with Crippen molar-refractivity contribution in [3.8, 4) is 22.8 Å². The number of halogens is 1. The number of hydrazone groups is 1. The Morgan fingerprint density at radius 3 is 2.97 bits per heavy atom. The van der Waals surface area contributed by atoms with E-state index in [4.69, 9.17) is 9.47 Å². The summed E-state index contributed by atoms with van der Waals surface area (Å²) in [6.07, 6.45) is 9.93. The second-order valence-electron chi connectivity index (χ2n) is 8.76. The van der Waals surface area contributed by atoms with Gasteiger partial charge in [-0.15, -0.1) is 0 Å². The molecular weight excluding hydrogens is 483 g/mol.